The monoisotopic (exact) mass is 297 g/mol. The Morgan fingerprint density at radius 1 is 1.24 bits per heavy atom. The lowest BCUT2D eigenvalue weighted by Gasteiger charge is -2.17. The smallest absolute Gasteiger partial charge is 0.296 e. The van der Waals surface area contributed by atoms with E-state index in [-0.39, 0.29) is 5.69 Å². The van der Waals surface area contributed by atoms with Crippen molar-refractivity contribution in [3.8, 4) is 0 Å². The van der Waals surface area contributed by atoms with Crippen molar-refractivity contribution in [1.29, 1.82) is 0 Å². The van der Waals surface area contributed by atoms with Gasteiger partial charge in [-0.15, -0.1) is 0 Å². The molecule has 5 nitrogen and oxygen atoms in total. The van der Waals surface area contributed by atoms with Crippen LogP contribution >= 0.6 is 0 Å². The van der Waals surface area contributed by atoms with Gasteiger partial charge in [0.15, 0.2) is 0 Å². The van der Waals surface area contributed by atoms with E-state index in [4.69, 9.17) is 0 Å². The molecule has 0 bridgehead atoms. The largest absolute Gasteiger partial charge is 0.416 e. The van der Waals surface area contributed by atoms with Gasteiger partial charge in [-0.25, -0.2) is 4.90 Å². The molecule has 0 aromatic heterocycles. The van der Waals surface area contributed by atoms with Crippen molar-refractivity contribution in [2.45, 2.75) is 19.1 Å². The van der Waals surface area contributed by atoms with Crippen LogP contribution in [-0.4, -0.2) is 23.6 Å². The highest BCUT2D eigenvalue weighted by Crippen LogP contribution is 2.35. The molecule has 2 heterocycles. The Labute approximate surface area is 117 Å². The van der Waals surface area contributed by atoms with E-state index < -0.39 is 35.5 Å². The zero-order valence-corrected chi connectivity index (χ0v) is 10.8. The Morgan fingerprint density at radius 2 is 1.95 bits per heavy atom. The number of hydrogen-bond donors (Lipinski definition) is 1. The molecule has 0 saturated carbocycles. The summed E-state index contributed by atoms with van der Waals surface area (Å²) in [5.41, 5.74) is 2.01. The maximum absolute atomic E-state index is 12.7. The van der Waals surface area contributed by atoms with Crippen molar-refractivity contribution in [3.05, 3.63) is 29.8 Å². The third-order valence-electron chi connectivity index (χ3n) is 3.57. The van der Waals surface area contributed by atoms with E-state index >= 15 is 0 Å². The van der Waals surface area contributed by atoms with Crippen LogP contribution in [0.15, 0.2) is 29.4 Å². The first-order valence-corrected chi connectivity index (χ1v) is 6.15. The van der Waals surface area contributed by atoms with Crippen LogP contribution in [0.25, 0.3) is 0 Å². The van der Waals surface area contributed by atoms with E-state index in [2.05, 4.69) is 10.5 Å². The first-order chi connectivity index (χ1) is 9.80. The van der Waals surface area contributed by atoms with Gasteiger partial charge in [0.2, 0.25) is 5.91 Å². The van der Waals surface area contributed by atoms with E-state index in [0.29, 0.717) is 5.71 Å². The average Bonchev–Trinajstić information content (AvgIpc) is 2.90. The number of carbonyl (C=O) groups is 2. The molecule has 1 aromatic rings. The maximum Gasteiger partial charge on any atom is 0.416 e. The van der Waals surface area contributed by atoms with E-state index in [1.54, 1.807) is 6.92 Å². The number of anilines is 1. The van der Waals surface area contributed by atoms with Crippen molar-refractivity contribution in [1.82, 2.24) is 5.43 Å². The van der Waals surface area contributed by atoms with Gasteiger partial charge in [0.1, 0.15) is 12.0 Å². The van der Waals surface area contributed by atoms with E-state index in [1.807, 2.05) is 0 Å². The average molecular weight is 297 g/mol. The Balaban J connectivity index is 2.00. The topological polar surface area (TPSA) is 61.8 Å². The molecule has 110 valence electrons. The quantitative estimate of drug-likeness (QED) is 0.800. The van der Waals surface area contributed by atoms with Crippen LogP contribution in [0.1, 0.15) is 12.5 Å². The zero-order valence-electron chi connectivity index (χ0n) is 10.8. The van der Waals surface area contributed by atoms with Crippen molar-refractivity contribution < 1.29 is 22.8 Å². The van der Waals surface area contributed by atoms with Gasteiger partial charge in [-0.3, -0.25) is 15.0 Å². The highest BCUT2D eigenvalue weighted by Gasteiger charge is 2.52. The number of carbonyl (C=O) groups excluding carboxylic acids is 2. The summed E-state index contributed by atoms with van der Waals surface area (Å²) in [7, 11) is 0. The third kappa shape index (κ3) is 1.98. The SMILES string of the molecule is CC1=NN[C@@H]2C(=O)N(c3cccc(C(F)(F)F)c3)C(=O)[C@@H]12. The molecule has 0 unspecified atom stereocenters. The van der Waals surface area contributed by atoms with Crippen LogP contribution < -0.4 is 10.3 Å². The fourth-order valence-corrected chi connectivity index (χ4v) is 2.54. The molecule has 0 spiro atoms. The molecule has 8 heteroatoms. The summed E-state index contributed by atoms with van der Waals surface area (Å²) in [5.74, 6) is -1.90. The number of halogens is 3. The highest BCUT2D eigenvalue weighted by molar-refractivity contribution is 6.30. The van der Waals surface area contributed by atoms with Crippen LogP contribution in [0.2, 0.25) is 0 Å². The molecule has 0 radical (unpaired) electrons. The number of rotatable bonds is 1. The minimum atomic E-state index is -4.53. The molecule has 1 aromatic carbocycles. The number of hydrogen-bond acceptors (Lipinski definition) is 4. The summed E-state index contributed by atoms with van der Waals surface area (Å²) in [6, 6.07) is 3.33. The summed E-state index contributed by atoms with van der Waals surface area (Å²) in [5, 5.41) is 3.82. The number of fused-ring (bicyclic) bond motifs is 1. The van der Waals surface area contributed by atoms with E-state index in [9.17, 15) is 22.8 Å². The minimum absolute atomic E-state index is 0.0798. The van der Waals surface area contributed by atoms with Gasteiger partial charge < -0.3 is 0 Å². The van der Waals surface area contributed by atoms with Crippen molar-refractivity contribution >= 4 is 23.2 Å². The van der Waals surface area contributed by atoms with Crippen LogP contribution in [0.4, 0.5) is 18.9 Å². The first-order valence-electron chi connectivity index (χ1n) is 6.15. The molecule has 2 amide bonds. The van der Waals surface area contributed by atoms with E-state index in [1.165, 1.54) is 12.1 Å². The number of nitrogens with zero attached hydrogens (tertiary/aromatic N) is 2. The van der Waals surface area contributed by atoms with Gasteiger partial charge in [-0.2, -0.15) is 18.3 Å². The lowest BCUT2D eigenvalue weighted by Crippen LogP contribution is -2.36. The number of imide groups is 1. The molecule has 1 saturated heterocycles. The predicted octanol–water partition coefficient (Wildman–Crippen LogP) is 1.54. The lowest BCUT2D eigenvalue weighted by atomic mass is 10.0. The van der Waals surface area contributed by atoms with Gasteiger partial charge in [0, 0.05) is 5.71 Å². The summed E-state index contributed by atoms with van der Waals surface area (Å²) < 4.78 is 38.2. The van der Waals surface area contributed by atoms with Crippen LogP contribution in [0, 0.1) is 5.92 Å². The molecule has 1 fully saturated rings. The van der Waals surface area contributed by atoms with Crippen molar-refractivity contribution in [2.75, 3.05) is 4.90 Å². The number of amides is 2. The fraction of sp³-hybridized carbons (Fsp3) is 0.308. The Hall–Kier alpha value is -2.38. The number of nitrogens with one attached hydrogen (secondary N) is 1. The molecule has 1 N–H and O–H groups in total. The summed E-state index contributed by atoms with van der Waals surface area (Å²) >= 11 is 0. The second kappa shape index (κ2) is 4.31. The minimum Gasteiger partial charge on any atom is -0.296 e. The second-order valence-electron chi connectivity index (χ2n) is 4.90. The maximum atomic E-state index is 12.7. The molecule has 3 rings (SSSR count). The summed E-state index contributed by atoms with van der Waals surface area (Å²) in [4.78, 5) is 25.3. The normalized spacial score (nSPS) is 25.0. The molecular weight excluding hydrogens is 287 g/mol. The van der Waals surface area contributed by atoms with E-state index in [0.717, 1.165) is 17.0 Å². The fourth-order valence-electron chi connectivity index (χ4n) is 2.54. The molecular formula is C13H10F3N3O2. The van der Waals surface area contributed by atoms with Crippen molar-refractivity contribution in [3.63, 3.8) is 0 Å². The standard InChI is InChI=1S/C13H10F3N3O2/c1-6-9-10(18-17-6)12(21)19(11(9)20)8-4-2-3-7(5-8)13(14,15)16/h2-5,9-10,18H,1H3/t9-,10-/m0/s1. The Morgan fingerprint density at radius 3 is 2.57 bits per heavy atom. The Kier molecular flexibility index (Phi) is 2.79. The van der Waals surface area contributed by atoms with Gasteiger partial charge >= 0.3 is 6.18 Å². The molecule has 0 aliphatic carbocycles. The van der Waals surface area contributed by atoms with Crippen LogP contribution in [0.5, 0.6) is 0 Å². The molecule has 21 heavy (non-hydrogen) atoms. The van der Waals surface area contributed by atoms with Gasteiger partial charge in [0.25, 0.3) is 5.91 Å². The van der Waals surface area contributed by atoms with Crippen molar-refractivity contribution in [2.24, 2.45) is 11.0 Å². The number of alkyl halides is 3. The first kappa shape index (κ1) is 13.6. The van der Waals surface area contributed by atoms with Gasteiger partial charge in [-0.05, 0) is 25.1 Å². The zero-order chi connectivity index (χ0) is 15.4. The number of hydrazone groups is 1. The molecule has 2 atom stereocenters. The third-order valence-corrected chi connectivity index (χ3v) is 3.57. The summed E-state index contributed by atoms with van der Waals surface area (Å²) in [6.45, 7) is 1.60. The molecule has 2 aliphatic rings. The lowest BCUT2D eigenvalue weighted by molar-refractivity contribution is -0.137. The highest BCUT2D eigenvalue weighted by atomic mass is 19.4. The predicted molar refractivity (Wildman–Crippen MR) is 67.5 cm³/mol. The Bertz CT molecular complexity index is 669. The van der Waals surface area contributed by atoms with Gasteiger partial charge in [-0.1, -0.05) is 6.07 Å². The van der Waals surface area contributed by atoms with Gasteiger partial charge in [0.05, 0.1) is 11.3 Å². The number of benzene rings is 1. The second-order valence-corrected chi connectivity index (χ2v) is 4.90. The van der Waals surface area contributed by atoms with Crippen LogP contribution in [-0.2, 0) is 15.8 Å². The van der Waals surface area contributed by atoms with Crippen LogP contribution in [0.3, 0.4) is 0 Å². The molecule has 2 aliphatic heterocycles. The summed E-state index contributed by atoms with van der Waals surface area (Å²) in [6.07, 6.45) is -4.53.